The van der Waals surface area contributed by atoms with Gasteiger partial charge in [0, 0.05) is 17.7 Å². The van der Waals surface area contributed by atoms with Gasteiger partial charge < -0.3 is 5.11 Å². The molecule has 3 aromatic heterocycles. The van der Waals surface area contributed by atoms with Crippen molar-refractivity contribution in [3.63, 3.8) is 0 Å². The minimum Gasteiger partial charge on any atom is -0.508 e. The quantitative estimate of drug-likeness (QED) is 0.580. The van der Waals surface area contributed by atoms with E-state index < -0.39 is 0 Å². The highest BCUT2D eigenvalue weighted by atomic mass is 16.3. The number of aromatic amines is 1. The van der Waals surface area contributed by atoms with Crippen LogP contribution in [0.1, 0.15) is 43.7 Å². The molecule has 0 saturated heterocycles. The van der Waals surface area contributed by atoms with Crippen molar-refractivity contribution in [1.82, 2.24) is 35.2 Å². The van der Waals surface area contributed by atoms with Crippen LogP contribution in [0.4, 0.5) is 0 Å². The predicted molar refractivity (Wildman–Crippen MR) is 99.1 cm³/mol. The lowest BCUT2D eigenvalue weighted by Crippen LogP contribution is -2.12. The molecule has 0 spiro atoms. The summed E-state index contributed by atoms with van der Waals surface area (Å²) in [4.78, 5) is 4.67. The Hall–Kier alpha value is -3.29. The lowest BCUT2D eigenvalue weighted by Gasteiger charge is -2.25. The Kier molecular flexibility index (Phi) is 3.81. The van der Waals surface area contributed by atoms with Crippen LogP contribution in [0.3, 0.4) is 0 Å². The zero-order chi connectivity index (χ0) is 18.2. The Morgan fingerprint density at radius 2 is 1.81 bits per heavy atom. The van der Waals surface area contributed by atoms with Crippen LogP contribution in [0.5, 0.6) is 5.75 Å². The standard InChI is InChI=1S/C19H19N7O/c27-14-8-6-12(7-9-14)15-10-20-19-16(18-22-24-25-23-18)11-21-26(19)17(15)13-4-2-1-3-5-13/h6-11,13,27H,1-5H2,(H,22,23,24,25). The zero-order valence-corrected chi connectivity index (χ0v) is 14.7. The van der Waals surface area contributed by atoms with E-state index in [2.05, 4.69) is 30.7 Å². The van der Waals surface area contributed by atoms with Crippen LogP contribution < -0.4 is 0 Å². The smallest absolute Gasteiger partial charge is 0.210 e. The fourth-order valence-corrected chi connectivity index (χ4v) is 4.01. The molecule has 0 amide bonds. The molecule has 0 aliphatic heterocycles. The Balaban J connectivity index is 1.73. The normalized spacial score (nSPS) is 15.4. The first-order valence-electron chi connectivity index (χ1n) is 9.21. The van der Waals surface area contributed by atoms with Crippen molar-refractivity contribution in [2.75, 3.05) is 0 Å². The highest BCUT2D eigenvalue weighted by molar-refractivity contribution is 5.75. The number of aromatic nitrogens is 7. The maximum absolute atomic E-state index is 9.65. The van der Waals surface area contributed by atoms with Crippen molar-refractivity contribution in [2.24, 2.45) is 0 Å². The molecule has 1 aliphatic rings. The van der Waals surface area contributed by atoms with Crippen LogP contribution in [0.25, 0.3) is 28.2 Å². The van der Waals surface area contributed by atoms with E-state index in [1.807, 2.05) is 22.8 Å². The second-order valence-electron chi connectivity index (χ2n) is 6.97. The Morgan fingerprint density at radius 1 is 1.00 bits per heavy atom. The van der Waals surface area contributed by atoms with Gasteiger partial charge in [-0.05, 0) is 35.8 Å². The lowest BCUT2D eigenvalue weighted by atomic mass is 9.84. The topological polar surface area (TPSA) is 105 Å². The van der Waals surface area contributed by atoms with E-state index in [9.17, 15) is 5.11 Å². The van der Waals surface area contributed by atoms with Crippen LogP contribution in [-0.4, -0.2) is 40.3 Å². The molecule has 5 rings (SSSR count). The second kappa shape index (κ2) is 6.46. The molecule has 136 valence electrons. The Bertz CT molecular complexity index is 1060. The molecule has 1 saturated carbocycles. The van der Waals surface area contributed by atoms with E-state index in [1.165, 1.54) is 25.0 Å². The molecule has 2 N–H and O–H groups in total. The van der Waals surface area contributed by atoms with Gasteiger partial charge in [0.2, 0.25) is 5.82 Å². The summed E-state index contributed by atoms with van der Waals surface area (Å²) in [5.74, 6) is 1.17. The molecule has 1 aromatic carbocycles. The number of aromatic hydroxyl groups is 1. The Morgan fingerprint density at radius 3 is 2.56 bits per heavy atom. The first-order chi connectivity index (χ1) is 13.3. The maximum Gasteiger partial charge on any atom is 0.210 e. The molecule has 27 heavy (non-hydrogen) atoms. The number of nitrogens with zero attached hydrogens (tertiary/aromatic N) is 6. The van der Waals surface area contributed by atoms with Crippen molar-refractivity contribution < 1.29 is 5.11 Å². The third-order valence-corrected chi connectivity index (χ3v) is 5.32. The largest absolute Gasteiger partial charge is 0.508 e. The zero-order valence-electron chi connectivity index (χ0n) is 14.7. The van der Waals surface area contributed by atoms with Crippen LogP contribution in [0.2, 0.25) is 0 Å². The van der Waals surface area contributed by atoms with Gasteiger partial charge in [-0.3, -0.25) is 0 Å². The van der Waals surface area contributed by atoms with Crippen LogP contribution in [0, 0.1) is 0 Å². The van der Waals surface area contributed by atoms with E-state index in [-0.39, 0.29) is 5.75 Å². The maximum atomic E-state index is 9.65. The molecule has 1 fully saturated rings. The highest BCUT2D eigenvalue weighted by Crippen LogP contribution is 2.39. The van der Waals surface area contributed by atoms with Crippen molar-refractivity contribution in [2.45, 2.75) is 38.0 Å². The number of hydrogen-bond donors (Lipinski definition) is 2. The summed E-state index contributed by atoms with van der Waals surface area (Å²) in [7, 11) is 0. The molecule has 1 aliphatic carbocycles. The van der Waals surface area contributed by atoms with E-state index in [4.69, 9.17) is 0 Å². The minimum absolute atomic E-state index is 0.255. The van der Waals surface area contributed by atoms with Crippen molar-refractivity contribution in [3.8, 4) is 28.3 Å². The number of benzene rings is 1. The molecule has 0 radical (unpaired) electrons. The molecule has 8 heteroatoms. The number of tetrazole rings is 1. The first-order valence-corrected chi connectivity index (χ1v) is 9.21. The fourth-order valence-electron chi connectivity index (χ4n) is 4.01. The first kappa shape index (κ1) is 15.9. The summed E-state index contributed by atoms with van der Waals surface area (Å²) in [5, 5.41) is 28.6. The molecule has 4 aromatic rings. The summed E-state index contributed by atoms with van der Waals surface area (Å²) < 4.78 is 1.93. The van der Waals surface area contributed by atoms with Gasteiger partial charge in [0.05, 0.1) is 17.5 Å². The number of phenols is 1. The van der Waals surface area contributed by atoms with E-state index in [1.54, 1.807) is 18.3 Å². The third-order valence-electron chi connectivity index (χ3n) is 5.32. The molecular weight excluding hydrogens is 342 g/mol. The van der Waals surface area contributed by atoms with Crippen molar-refractivity contribution >= 4 is 5.65 Å². The van der Waals surface area contributed by atoms with Gasteiger partial charge in [-0.15, -0.1) is 10.2 Å². The number of rotatable bonds is 3. The van der Waals surface area contributed by atoms with Gasteiger partial charge in [0.15, 0.2) is 5.65 Å². The third kappa shape index (κ3) is 2.73. The van der Waals surface area contributed by atoms with Gasteiger partial charge in [-0.2, -0.15) is 10.3 Å². The average molecular weight is 361 g/mol. The highest BCUT2D eigenvalue weighted by Gasteiger charge is 2.25. The van der Waals surface area contributed by atoms with E-state index >= 15 is 0 Å². The van der Waals surface area contributed by atoms with Gasteiger partial charge in [0.25, 0.3) is 0 Å². The van der Waals surface area contributed by atoms with Crippen LogP contribution in [0.15, 0.2) is 36.7 Å². The predicted octanol–water partition coefficient (Wildman–Crippen LogP) is 3.33. The van der Waals surface area contributed by atoms with E-state index in [0.29, 0.717) is 11.7 Å². The summed E-state index contributed by atoms with van der Waals surface area (Å²) in [6.07, 6.45) is 9.66. The van der Waals surface area contributed by atoms with Crippen LogP contribution >= 0.6 is 0 Å². The van der Waals surface area contributed by atoms with Gasteiger partial charge in [0.1, 0.15) is 5.75 Å². The van der Waals surface area contributed by atoms with E-state index in [0.717, 1.165) is 35.2 Å². The average Bonchev–Trinajstić information content (AvgIpc) is 3.38. The minimum atomic E-state index is 0.255. The Labute approximate surface area is 155 Å². The number of H-pyrrole nitrogens is 1. The number of hydrogen-bond acceptors (Lipinski definition) is 6. The molecule has 8 nitrogen and oxygen atoms in total. The molecular formula is C19H19N7O. The summed E-state index contributed by atoms with van der Waals surface area (Å²) in [6.45, 7) is 0. The summed E-state index contributed by atoms with van der Waals surface area (Å²) >= 11 is 0. The number of fused-ring (bicyclic) bond motifs is 1. The van der Waals surface area contributed by atoms with Crippen molar-refractivity contribution in [1.29, 1.82) is 0 Å². The fraction of sp³-hybridized carbons (Fsp3) is 0.316. The molecule has 0 bridgehead atoms. The number of phenolic OH excluding ortho intramolecular Hbond substituents is 1. The molecule has 0 unspecified atom stereocenters. The lowest BCUT2D eigenvalue weighted by molar-refractivity contribution is 0.431. The van der Waals surface area contributed by atoms with Gasteiger partial charge in [-0.1, -0.05) is 31.4 Å². The van der Waals surface area contributed by atoms with Crippen LogP contribution in [-0.2, 0) is 0 Å². The summed E-state index contributed by atoms with van der Waals surface area (Å²) in [5.41, 5.74) is 4.74. The second-order valence-corrected chi connectivity index (χ2v) is 6.97. The summed E-state index contributed by atoms with van der Waals surface area (Å²) in [6, 6.07) is 7.26. The molecule has 3 heterocycles. The SMILES string of the molecule is Oc1ccc(-c2cnc3c(-c4nn[nH]n4)cnn3c2C2CCCCC2)cc1. The van der Waals surface area contributed by atoms with Gasteiger partial charge in [-0.25, -0.2) is 9.50 Å². The molecule has 0 atom stereocenters. The van der Waals surface area contributed by atoms with Gasteiger partial charge >= 0.3 is 0 Å². The number of nitrogens with one attached hydrogen (secondary N) is 1. The van der Waals surface area contributed by atoms with Crippen molar-refractivity contribution in [3.05, 3.63) is 42.4 Å². The monoisotopic (exact) mass is 361 g/mol.